The van der Waals surface area contributed by atoms with Crippen LogP contribution in [0.2, 0.25) is 0 Å². The fourth-order valence-corrected chi connectivity index (χ4v) is 5.28. The van der Waals surface area contributed by atoms with Crippen LogP contribution in [0.15, 0.2) is 28.9 Å². The third-order valence-corrected chi connectivity index (χ3v) is 6.63. The number of furan rings is 1. The number of nitrogens with zero attached hydrogens (tertiary/aromatic N) is 1. The summed E-state index contributed by atoms with van der Waals surface area (Å²) in [6.07, 6.45) is 2.65. The summed E-state index contributed by atoms with van der Waals surface area (Å²) in [4.78, 5) is 24.3. The molecule has 1 atom stereocenters. The van der Waals surface area contributed by atoms with Gasteiger partial charge in [-0.15, -0.1) is 0 Å². The highest BCUT2D eigenvalue weighted by Crippen LogP contribution is 2.29. The third kappa shape index (κ3) is 4.50. The van der Waals surface area contributed by atoms with Crippen molar-refractivity contribution in [2.24, 2.45) is 0 Å². The summed E-state index contributed by atoms with van der Waals surface area (Å²) in [5.41, 5.74) is 2.02. The van der Waals surface area contributed by atoms with Crippen molar-refractivity contribution in [3.63, 3.8) is 0 Å². The van der Waals surface area contributed by atoms with E-state index in [1.54, 1.807) is 25.1 Å². The molecule has 8 heteroatoms. The highest BCUT2D eigenvalue weighted by atomic mass is 32.2. The number of esters is 1. The monoisotopic (exact) mass is 393 g/mol. The van der Waals surface area contributed by atoms with E-state index in [2.05, 4.69) is 0 Å². The number of hydrogen-bond donors (Lipinski definition) is 0. The van der Waals surface area contributed by atoms with Crippen molar-refractivity contribution in [2.45, 2.75) is 39.2 Å². The lowest BCUT2D eigenvalue weighted by Crippen LogP contribution is -2.17. The van der Waals surface area contributed by atoms with E-state index in [-0.39, 0.29) is 36.4 Å². The van der Waals surface area contributed by atoms with E-state index in [4.69, 9.17) is 9.15 Å². The normalized spacial score (nSPS) is 18.5. The van der Waals surface area contributed by atoms with Gasteiger partial charge in [-0.05, 0) is 38.5 Å². The summed E-state index contributed by atoms with van der Waals surface area (Å²) >= 11 is 0. The van der Waals surface area contributed by atoms with Gasteiger partial charge < -0.3 is 13.7 Å². The molecule has 0 N–H and O–H groups in total. The van der Waals surface area contributed by atoms with Crippen LogP contribution in [0.3, 0.4) is 0 Å². The molecule has 1 aliphatic rings. The number of Topliss-reactive ketones (excluding diaryl/α,β-unsaturated/α-hetero) is 1. The van der Waals surface area contributed by atoms with Gasteiger partial charge in [-0.1, -0.05) is 0 Å². The second-order valence-corrected chi connectivity index (χ2v) is 9.10. The molecule has 0 aliphatic carbocycles. The lowest BCUT2D eigenvalue weighted by atomic mass is 10.1. The third-order valence-electron chi connectivity index (χ3n) is 4.88. The van der Waals surface area contributed by atoms with E-state index in [0.29, 0.717) is 29.9 Å². The fourth-order valence-electron chi connectivity index (χ4n) is 3.58. The van der Waals surface area contributed by atoms with Gasteiger partial charge in [0.05, 0.1) is 24.2 Å². The summed E-state index contributed by atoms with van der Waals surface area (Å²) < 4.78 is 35.7. The minimum absolute atomic E-state index is 0.0960. The van der Waals surface area contributed by atoms with E-state index in [1.807, 2.05) is 11.5 Å². The van der Waals surface area contributed by atoms with Gasteiger partial charge in [-0.3, -0.25) is 9.59 Å². The van der Waals surface area contributed by atoms with Crippen molar-refractivity contribution in [3.8, 4) is 0 Å². The second kappa shape index (κ2) is 7.72. The molecule has 1 saturated heterocycles. The van der Waals surface area contributed by atoms with E-state index in [1.165, 1.54) is 6.26 Å². The standard InChI is InChI=1S/C19H23NO6S/c1-13-10-17(14(2)20(13)15-7-9-27(23,24)12-15)18(21)11-26-19(22)6-5-16-4-3-8-25-16/h3-4,8,10,15H,5-7,9,11-12H2,1-2H3. The first-order valence-corrected chi connectivity index (χ1v) is 10.7. The van der Waals surface area contributed by atoms with Crippen molar-refractivity contribution < 1.29 is 27.2 Å². The van der Waals surface area contributed by atoms with Crippen molar-refractivity contribution >= 4 is 21.6 Å². The predicted molar refractivity (Wildman–Crippen MR) is 98.5 cm³/mol. The Morgan fingerprint density at radius 3 is 2.74 bits per heavy atom. The molecule has 0 aromatic carbocycles. The molecule has 1 aliphatic heterocycles. The number of aryl methyl sites for hydroxylation is 2. The zero-order valence-corrected chi connectivity index (χ0v) is 16.3. The maximum absolute atomic E-state index is 12.5. The van der Waals surface area contributed by atoms with Gasteiger partial charge in [0, 0.05) is 29.4 Å². The molecular weight excluding hydrogens is 370 g/mol. The van der Waals surface area contributed by atoms with Gasteiger partial charge in [0.2, 0.25) is 5.78 Å². The zero-order valence-electron chi connectivity index (χ0n) is 15.4. The van der Waals surface area contributed by atoms with Gasteiger partial charge >= 0.3 is 5.97 Å². The molecule has 3 rings (SSSR count). The Kier molecular flexibility index (Phi) is 5.55. The summed E-state index contributed by atoms with van der Waals surface area (Å²) in [7, 11) is -3.02. The Morgan fingerprint density at radius 2 is 2.11 bits per heavy atom. The van der Waals surface area contributed by atoms with Crippen molar-refractivity contribution in [3.05, 3.63) is 47.2 Å². The Balaban J connectivity index is 1.60. The molecule has 2 aromatic heterocycles. The Labute approximate surface area is 158 Å². The van der Waals surface area contributed by atoms with Gasteiger partial charge in [0.15, 0.2) is 16.4 Å². The lowest BCUT2D eigenvalue weighted by molar-refractivity contribution is -0.142. The number of hydrogen-bond acceptors (Lipinski definition) is 6. The maximum Gasteiger partial charge on any atom is 0.306 e. The number of rotatable bonds is 7. The second-order valence-electron chi connectivity index (χ2n) is 6.87. The molecule has 0 bridgehead atoms. The molecule has 0 amide bonds. The largest absolute Gasteiger partial charge is 0.469 e. The highest BCUT2D eigenvalue weighted by molar-refractivity contribution is 7.91. The first-order valence-electron chi connectivity index (χ1n) is 8.87. The number of aromatic nitrogens is 1. The smallest absolute Gasteiger partial charge is 0.306 e. The van der Waals surface area contributed by atoms with Crippen molar-refractivity contribution in [1.82, 2.24) is 4.57 Å². The van der Waals surface area contributed by atoms with Crippen molar-refractivity contribution in [2.75, 3.05) is 18.1 Å². The van der Waals surface area contributed by atoms with Crippen LogP contribution in [0.1, 0.15) is 46.4 Å². The van der Waals surface area contributed by atoms with E-state index >= 15 is 0 Å². The molecule has 0 saturated carbocycles. The molecule has 1 fully saturated rings. The number of ketones is 1. The van der Waals surface area contributed by atoms with Crippen LogP contribution in [-0.4, -0.2) is 42.9 Å². The Morgan fingerprint density at radius 1 is 1.33 bits per heavy atom. The Bertz CT molecular complexity index is 939. The van der Waals surface area contributed by atoms with Crippen LogP contribution in [0, 0.1) is 13.8 Å². The average Bonchev–Trinajstić information content (AvgIpc) is 3.31. The Hall–Kier alpha value is -2.35. The summed E-state index contributed by atoms with van der Waals surface area (Å²) in [6.45, 7) is 3.32. The van der Waals surface area contributed by atoms with Crippen LogP contribution < -0.4 is 0 Å². The summed E-state index contributed by atoms with van der Waals surface area (Å²) in [6, 6.07) is 5.11. The van der Waals surface area contributed by atoms with Gasteiger partial charge in [-0.2, -0.15) is 0 Å². The van der Waals surface area contributed by atoms with E-state index in [9.17, 15) is 18.0 Å². The predicted octanol–water partition coefficient (Wildman–Crippen LogP) is 2.42. The number of ether oxygens (including phenoxy) is 1. The van der Waals surface area contributed by atoms with Crippen LogP contribution in [0.25, 0.3) is 0 Å². The fraction of sp³-hybridized carbons (Fsp3) is 0.474. The minimum atomic E-state index is -3.02. The minimum Gasteiger partial charge on any atom is -0.469 e. The molecule has 0 spiro atoms. The summed E-state index contributed by atoms with van der Waals surface area (Å²) in [5.74, 6) is 0.203. The number of carbonyl (C=O) groups excluding carboxylic acids is 2. The van der Waals surface area contributed by atoms with Gasteiger partial charge in [-0.25, -0.2) is 8.42 Å². The molecule has 7 nitrogen and oxygen atoms in total. The first kappa shape index (κ1) is 19.4. The average molecular weight is 393 g/mol. The van der Waals surface area contributed by atoms with E-state index in [0.717, 1.165) is 5.69 Å². The maximum atomic E-state index is 12.5. The topological polar surface area (TPSA) is 95.6 Å². The molecule has 146 valence electrons. The zero-order chi connectivity index (χ0) is 19.6. The molecule has 1 unspecified atom stereocenters. The summed E-state index contributed by atoms with van der Waals surface area (Å²) in [5, 5.41) is 0. The molecule has 2 aromatic rings. The lowest BCUT2D eigenvalue weighted by Gasteiger charge is -2.16. The SMILES string of the molecule is Cc1cc(C(=O)COC(=O)CCc2ccco2)c(C)n1C1CCS(=O)(=O)C1. The molecule has 3 heterocycles. The molecule has 27 heavy (non-hydrogen) atoms. The van der Waals surface area contributed by atoms with Crippen LogP contribution in [0.5, 0.6) is 0 Å². The van der Waals surface area contributed by atoms with E-state index < -0.39 is 15.8 Å². The van der Waals surface area contributed by atoms with Crippen LogP contribution in [0.4, 0.5) is 0 Å². The van der Waals surface area contributed by atoms with Gasteiger partial charge in [0.1, 0.15) is 5.76 Å². The molecule has 0 radical (unpaired) electrons. The van der Waals surface area contributed by atoms with Gasteiger partial charge in [0.25, 0.3) is 0 Å². The number of sulfone groups is 1. The van der Waals surface area contributed by atoms with Crippen LogP contribution >= 0.6 is 0 Å². The highest BCUT2D eigenvalue weighted by Gasteiger charge is 2.31. The first-order chi connectivity index (χ1) is 12.8. The van der Waals surface area contributed by atoms with Crippen molar-refractivity contribution in [1.29, 1.82) is 0 Å². The molecular formula is C19H23NO6S. The number of carbonyl (C=O) groups is 2. The van der Waals surface area contributed by atoms with Crippen LogP contribution in [-0.2, 0) is 25.8 Å². The quantitative estimate of drug-likeness (QED) is 0.529.